The first-order valence-corrected chi connectivity index (χ1v) is 12.0. The molecule has 0 unspecified atom stereocenters. The quantitative estimate of drug-likeness (QED) is 0.412. The molecule has 0 aliphatic carbocycles. The predicted molar refractivity (Wildman–Crippen MR) is 118 cm³/mol. The summed E-state index contributed by atoms with van der Waals surface area (Å²) in [7, 11) is -3.84. The van der Waals surface area contributed by atoms with Crippen LogP contribution in [0.3, 0.4) is 0 Å². The molecule has 3 aromatic rings. The highest BCUT2D eigenvalue weighted by molar-refractivity contribution is 7.89. The van der Waals surface area contributed by atoms with Gasteiger partial charge in [0.25, 0.3) is 0 Å². The molecule has 0 amide bonds. The standard InChI is InChI=1S/C23H19F6N3O3S/c24-22(25,26)16-1-4-18(5-2-16)31-11-13-32(14-12-31)36(33,34)20-8-6-19(7-9-20)35-21-10-3-17(15-30-21)23(27,28)29/h1-10,15H,11-14H2. The fourth-order valence-corrected chi connectivity index (χ4v) is 5.03. The molecule has 0 bridgehead atoms. The van der Waals surface area contributed by atoms with Crippen LogP contribution in [0.5, 0.6) is 11.6 Å². The second-order valence-corrected chi connectivity index (χ2v) is 9.83. The largest absolute Gasteiger partial charge is 0.439 e. The second-order valence-electron chi connectivity index (χ2n) is 7.89. The Morgan fingerprint density at radius 1 is 0.722 bits per heavy atom. The van der Waals surface area contributed by atoms with Crippen molar-refractivity contribution < 1.29 is 39.5 Å². The van der Waals surface area contributed by atoms with E-state index in [-0.39, 0.29) is 29.6 Å². The molecule has 0 N–H and O–H groups in total. The van der Waals surface area contributed by atoms with Crippen LogP contribution < -0.4 is 9.64 Å². The lowest BCUT2D eigenvalue weighted by molar-refractivity contribution is -0.138. The average molecular weight is 531 g/mol. The summed E-state index contributed by atoms with van der Waals surface area (Å²) in [4.78, 5) is 5.41. The van der Waals surface area contributed by atoms with Gasteiger partial charge in [0.05, 0.1) is 16.0 Å². The Balaban J connectivity index is 1.37. The van der Waals surface area contributed by atoms with Gasteiger partial charge in [-0.1, -0.05) is 0 Å². The predicted octanol–water partition coefficient (Wildman–Crippen LogP) is 5.42. The molecule has 1 aromatic heterocycles. The van der Waals surface area contributed by atoms with Gasteiger partial charge < -0.3 is 9.64 Å². The van der Waals surface area contributed by atoms with Crippen molar-refractivity contribution >= 4 is 15.7 Å². The summed E-state index contributed by atoms with van der Waals surface area (Å²) < 4.78 is 109. The molecule has 13 heteroatoms. The molecule has 1 fully saturated rings. The van der Waals surface area contributed by atoms with Gasteiger partial charge in [0.2, 0.25) is 15.9 Å². The Bertz CT molecular complexity index is 1290. The third kappa shape index (κ3) is 5.73. The number of rotatable bonds is 5. The lowest BCUT2D eigenvalue weighted by Gasteiger charge is -2.35. The molecule has 0 saturated carbocycles. The molecule has 1 aliphatic heterocycles. The van der Waals surface area contributed by atoms with Crippen LogP contribution in [-0.4, -0.2) is 43.9 Å². The van der Waals surface area contributed by atoms with E-state index < -0.39 is 33.5 Å². The smallest absolute Gasteiger partial charge is 0.417 e. The molecule has 36 heavy (non-hydrogen) atoms. The molecule has 0 radical (unpaired) electrons. The van der Waals surface area contributed by atoms with Gasteiger partial charge in [0, 0.05) is 44.1 Å². The third-order valence-corrected chi connectivity index (χ3v) is 7.46. The first-order valence-electron chi connectivity index (χ1n) is 10.6. The first-order chi connectivity index (χ1) is 16.8. The number of pyridine rings is 1. The normalized spacial score (nSPS) is 15.7. The number of hydrogen-bond acceptors (Lipinski definition) is 5. The summed E-state index contributed by atoms with van der Waals surface area (Å²) in [5, 5.41) is 0. The van der Waals surface area contributed by atoms with Crippen LogP contribution >= 0.6 is 0 Å². The third-order valence-electron chi connectivity index (χ3n) is 5.55. The number of hydrogen-bond donors (Lipinski definition) is 0. The lowest BCUT2D eigenvalue weighted by Crippen LogP contribution is -2.48. The lowest BCUT2D eigenvalue weighted by atomic mass is 10.2. The van der Waals surface area contributed by atoms with Crippen molar-refractivity contribution in [1.29, 1.82) is 0 Å². The highest BCUT2D eigenvalue weighted by Gasteiger charge is 2.32. The molecule has 1 saturated heterocycles. The fourth-order valence-electron chi connectivity index (χ4n) is 3.61. The number of ether oxygens (including phenoxy) is 1. The number of halogens is 6. The van der Waals surface area contributed by atoms with E-state index in [9.17, 15) is 34.8 Å². The maximum absolute atomic E-state index is 13.0. The van der Waals surface area contributed by atoms with Crippen molar-refractivity contribution in [3.05, 3.63) is 78.0 Å². The molecule has 4 rings (SSSR count). The highest BCUT2D eigenvalue weighted by Crippen LogP contribution is 2.32. The van der Waals surface area contributed by atoms with Crippen LogP contribution in [0.4, 0.5) is 32.0 Å². The van der Waals surface area contributed by atoms with E-state index in [4.69, 9.17) is 4.74 Å². The van der Waals surface area contributed by atoms with E-state index in [0.717, 1.165) is 24.3 Å². The molecule has 6 nitrogen and oxygen atoms in total. The van der Waals surface area contributed by atoms with Gasteiger partial charge in [-0.3, -0.25) is 0 Å². The average Bonchev–Trinajstić information content (AvgIpc) is 2.84. The Hall–Kier alpha value is -3.32. The van der Waals surface area contributed by atoms with Crippen molar-refractivity contribution in [3.8, 4) is 11.6 Å². The Labute approximate surface area is 202 Å². The van der Waals surface area contributed by atoms with E-state index in [0.29, 0.717) is 25.0 Å². The zero-order valence-electron chi connectivity index (χ0n) is 18.4. The van der Waals surface area contributed by atoms with Gasteiger partial charge in [-0.05, 0) is 54.6 Å². The Morgan fingerprint density at radius 3 is 1.78 bits per heavy atom. The molecule has 192 valence electrons. The van der Waals surface area contributed by atoms with Crippen LogP contribution in [0.15, 0.2) is 71.8 Å². The van der Waals surface area contributed by atoms with E-state index in [1.165, 1.54) is 40.7 Å². The number of aromatic nitrogens is 1. The molecule has 1 aliphatic rings. The van der Waals surface area contributed by atoms with Gasteiger partial charge in [-0.15, -0.1) is 0 Å². The van der Waals surface area contributed by atoms with Crippen molar-refractivity contribution in [2.45, 2.75) is 17.2 Å². The zero-order valence-corrected chi connectivity index (χ0v) is 19.2. The summed E-state index contributed by atoms with van der Waals surface area (Å²) in [6, 6.07) is 11.9. The number of sulfonamides is 1. The van der Waals surface area contributed by atoms with E-state index in [1.54, 1.807) is 4.90 Å². The molecule has 0 atom stereocenters. The summed E-state index contributed by atoms with van der Waals surface area (Å²) in [6.07, 6.45) is -8.32. The van der Waals surface area contributed by atoms with Crippen LogP contribution in [0.25, 0.3) is 0 Å². The molecule has 2 aromatic carbocycles. The highest BCUT2D eigenvalue weighted by atomic mass is 32.2. The van der Waals surface area contributed by atoms with Crippen LogP contribution in [0.2, 0.25) is 0 Å². The summed E-state index contributed by atoms with van der Waals surface area (Å²) in [6.45, 7) is 0.866. The van der Waals surface area contributed by atoms with Crippen molar-refractivity contribution in [2.24, 2.45) is 0 Å². The van der Waals surface area contributed by atoms with Crippen molar-refractivity contribution in [2.75, 3.05) is 31.1 Å². The zero-order chi connectivity index (χ0) is 26.1. The molecular weight excluding hydrogens is 512 g/mol. The number of piperazine rings is 1. The molecular formula is C23H19F6N3O3S. The van der Waals surface area contributed by atoms with Gasteiger partial charge in [-0.25, -0.2) is 13.4 Å². The van der Waals surface area contributed by atoms with Crippen molar-refractivity contribution in [3.63, 3.8) is 0 Å². The number of benzene rings is 2. The topological polar surface area (TPSA) is 62.7 Å². The number of anilines is 1. The molecule has 2 heterocycles. The molecule has 0 spiro atoms. The maximum Gasteiger partial charge on any atom is 0.417 e. The fraction of sp³-hybridized carbons (Fsp3) is 0.261. The Morgan fingerprint density at radius 2 is 1.28 bits per heavy atom. The van der Waals surface area contributed by atoms with E-state index >= 15 is 0 Å². The summed E-state index contributed by atoms with van der Waals surface area (Å²) in [5.74, 6) is 0.103. The minimum absolute atomic E-state index is 0.00166. The van der Waals surface area contributed by atoms with Crippen LogP contribution in [0.1, 0.15) is 11.1 Å². The van der Waals surface area contributed by atoms with E-state index in [1.807, 2.05) is 0 Å². The van der Waals surface area contributed by atoms with Gasteiger partial charge in [0.1, 0.15) is 5.75 Å². The van der Waals surface area contributed by atoms with Crippen molar-refractivity contribution in [1.82, 2.24) is 9.29 Å². The van der Waals surface area contributed by atoms with E-state index in [2.05, 4.69) is 4.98 Å². The maximum atomic E-state index is 13.0. The SMILES string of the molecule is O=S(=O)(c1ccc(Oc2ccc(C(F)(F)F)cn2)cc1)N1CCN(c2ccc(C(F)(F)F)cc2)CC1. The summed E-state index contributed by atoms with van der Waals surface area (Å²) in [5.41, 5.74) is -1.11. The van der Waals surface area contributed by atoms with Gasteiger partial charge >= 0.3 is 12.4 Å². The van der Waals surface area contributed by atoms with Crippen LogP contribution in [-0.2, 0) is 22.4 Å². The van der Waals surface area contributed by atoms with Gasteiger partial charge in [0.15, 0.2) is 0 Å². The van der Waals surface area contributed by atoms with Crippen LogP contribution in [0, 0.1) is 0 Å². The minimum Gasteiger partial charge on any atom is -0.439 e. The Kier molecular flexibility index (Phi) is 6.88. The number of nitrogens with zero attached hydrogens (tertiary/aromatic N) is 3. The first kappa shape index (κ1) is 25.8. The minimum atomic E-state index is -4.52. The number of alkyl halides is 6. The summed E-state index contributed by atoms with van der Waals surface area (Å²) >= 11 is 0. The monoisotopic (exact) mass is 531 g/mol. The second kappa shape index (κ2) is 9.62. The van der Waals surface area contributed by atoms with Gasteiger partial charge in [-0.2, -0.15) is 30.6 Å².